The molecule has 1 aromatic rings. The van der Waals surface area contributed by atoms with Crippen molar-refractivity contribution in [3.05, 3.63) is 29.4 Å². The molecular formula is C12H16N2. The van der Waals surface area contributed by atoms with Crippen molar-refractivity contribution in [1.82, 2.24) is 9.97 Å². The van der Waals surface area contributed by atoms with Crippen molar-refractivity contribution in [3.8, 4) is 0 Å². The van der Waals surface area contributed by atoms with Gasteiger partial charge in [-0.2, -0.15) is 0 Å². The van der Waals surface area contributed by atoms with Crippen LogP contribution in [0.25, 0.3) is 6.08 Å². The van der Waals surface area contributed by atoms with Gasteiger partial charge in [0.1, 0.15) is 5.82 Å². The maximum absolute atomic E-state index is 4.59. The van der Waals surface area contributed by atoms with Gasteiger partial charge in [0.2, 0.25) is 0 Å². The molecule has 14 heavy (non-hydrogen) atoms. The summed E-state index contributed by atoms with van der Waals surface area (Å²) in [5.41, 5.74) is 2.43. The zero-order valence-corrected chi connectivity index (χ0v) is 9.04. The van der Waals surface area contributed by atoms with E-state index in [4.69, 9.17) is 0 Å². The summed E-state index contributed by atoms with van der Waals surface area (Å²) in [6.07, 6.45) is 8.46. The summed E-state index contributed by atoms with van der Waals surface area (Å²) >= 11 is 0. The molecule has 1 aliphatic rings. The van der Waals surface area contributed by atoms with Crippen LogP contribution in [0.5, 0.6) is 0 Å². The first-order valence-electron chi connectivity index (χ1n) is 5.10. The van der Waals surface area contributed by atoms with Gasteiger partial charge in [-0.3, -0.25) is 0 Å². The Hall–Kier alpha value is -1.18. The zero-order valence-electron chi connectivity index (χ0n) is 9.04. The van der Waals surface area contributed by atoms with Crippen molar-refractivity contribution < 1.29 is 0 Å². The lowest BCUT2D eigenvalue weighted by Gasteiger charge is -2.18. The molecule has 1 aliphatic carbocycles. The Labute approximate surface area is 85.1 Å². The monoisotopic (exact) mass is 188 g/mol. The highest BCUT2D eigenvalue weighted by atomic mass is 14.9. The van der Waals surface area contributed by atoms with E-state index in [1.807, 2.05) is 6.20 Å². The van der Waals surface area contributed by atoms with Crippen LogP contribution in [0.3, 0.4) is 0 Å². The molecule has 0 spiro atoms. The number of hydrogen-bond donors (Lipinski definition) is 0. The first kappa shape index (κ1) is 9.38. The fourth-order valence-electron chi connectivity index (χ4n) is 1.55. The summed E-state index contributed by atoms with van der Waals surface area (Å²) in [7, 11) is 0. The van der Waals surface area contributed by atoms with Gasteiger partial charge in [0.25, 0.3) is 0 Å². The third-order valence-electron chi connectivity index (χ3n) is 2.42. The average Bonchev–Trinajstić information content (AvgIpc) is 2.16. The quantitative estimate of drug-likeness (QED) is 0.625. The fourth-order valence-corrected chi connectivity index (χ4v) is 1.55. The predicted molar refractivity (Wildman–Crippen MR) is 58.1 cm³/mol. The molecule has 0 amide bonds. The Balaban J connectivity index is 2.45. The summed E-state index contributed by atoms with van der Waals surface area (Å²) in [5, 5.41) is 0. The SMILES string of the molecule is CC(C)(C)c1ncc2c(n1)C=CCC2. The molecule has 0 bridgehead atoms. The predicted octanol–water partition coefficient (Wildman–Crippen LogP) is 2.73. The van der Waals surface area contributed by atoms with E-state index in [9.17, 15) is 0 Å². The summed E-state index contributed by atoms with van der Waals surface area (Å²) in [5.74, 6) is 0.933. The van der Waals surface area contributed by atoms with Crippen LogP contribution in [0.2, 0.25) is 0 Å². The second-order valence-electron chi connectivity index (χ2n) is 4.80. The first-order valence-corrected chi connectivity index (χ1v) is 5.10. The highest BCUT2D eigenvalue weighted by molar-refractivity contribution is 5.51. The molecule has 0 atom stereocenters. The Kier molecular flexibility index (Phi) is 2.14. The largest absolute Gasteiger partial charge is 0.240 e. The van der Waals surface area contributed by atoms with Gasteiger partial charge >= 0.3 is 0 Å². The van der Waals surface area contributed by atoms with E-state index in [1.54, 1.807) is 0 Å². The molecule has 74 valence electrons. The lowest BCUT2D eigenvalue weighted by Crippen LogP contribution is -2.17. The van der Waals surface area contributed by atoms with E-state index in [0.29, 0.717) is 0 Å². The molecule has 0 N–H and O–H groups in total. The molecule has 0 aliphatic heterocycles. The summed E-state index contributed by atoms with van der Waals surface area (Å²) in [6.45, 7) is 6.42. The van der Waals surface area contributed by atoms with Crippen LogP contribution in [-0.4, -0.2) is 9.97 Å². The third kappa shape index (κ3) is 1.69. The van der Waals surface area contributed by atoms with Gasteiger partial charge in [0.05, 0.1) is 5.69 Å². The lowest BCUT2D eigenvalue weighted by molar-refractivity contribution is 0.542. The molecule has 0 saturated heterocycles. The van der Waals surface area contributed by atoms with E-state index in [-0.39, 0.29) is 5.41 Å². The Morgan fingerprint density at radius 1 is 1.29 bits per heavy atom. The van der Waals surface area contributed by atoms with Crippen molar-refractivity contribution >= 4 is 6.08 Å². The van der Waals surface area contributed by atoms with E-state index in [1.165, 1.54) is 5.56 Å². The Bertz CT molecular complexity index is 372. The molecule has 0 radical (unpaired) electrons. The normalized spacial score (nSPS) is 15.4. The number of nitrogens with zero attached hydrogens (tertiary/aromatic N) is 2. The number of aromatic nitrogens is 2. The van der Waals surface area contributed by atoms with Crippen molar-refractivity contribution in [2.45, 2.75) is 39.0 Å². The minimum Gasteiger partial charge on any atom is -0.240 e. The van der Waals surface area contributed by atoms with Gasteiger partial charge in [-0.15, -0.1) is 0 Å². The molecular weight excluding hydrogens is 172 g/mol. The fraction of sp³-hybridized carbons (Fsp3) is 0.500. The number of hydrogen-bond acceptors (Lipinski definition) is 2. The molecule has 2 rings (SSSR count). The van der Waals surface area contributed by atoms with E-state index >= 15 is 0 Å². The van der Waals surface area contributed by atoms with Gasteiger partial charge in [0, 0.05) is 11.6 Å². The maximum atomic E-state index is 4.59. The molecule has 0 unspecified atom stereocenters. The minimum atomic E-state index is 0.0420. The van der Waals surface area contributed by atoms with E-state index < -0.39 is 0 Å². The topological polar surface area (TPSA) is 25.8 Å². The van der Waals surface area contributed by atoms with Crippen LogP contribution < -0.4 is 0 Å². The van der Waals surface area contributed by atoms with Crippen molar-refractivity contribution in [2.75, 3.05) is 0 Å². The summed E-state index contributed by atoms with van der Waals surface area (Å²) in [6, 6.07) is 0. The molecule has 2 heteroatoms. The molecule has 0 aromatic carbocycles. The van der Waals surface area contributed by atoms with Crippen molar-refractivity contribution in [2.24, 2.45) is 0 Å². The van der Waals surface area contributed by atoms with E-state index in [0.717, 1.165) is 24.4 Å². The maximum Gasteiger partial charge on any atom is 0.134 e. The smallest absolute Gasteiger partial charge is 0.134 e. The number of fused-ring (bicyclic) bond motifs is 1. The van der Waals surface area contributed by atoms with E-state index in [2.05, 4.69) is 42.9 Å². The van der Waals surface area contributed by atoms with Crippen LogP contribution in [0.15, 0.2) is 12.3 Å². The van der Waals surface area contributed by atoms with Crippen LogP contribution in [0, 0.1) is 0 Å². The van der Waals surface area contributed by atoms with Gasteiger partial charge in [0.15, 0.2) is 0 Å². The second kappa shape index (κ2) is 3.19. The molecule has 0 fully saturated rings. The molecule has 1 heterocycles. The molecule has 2 nitrogen and oxygen atoms in total. The average molecular weight is 188 g/mol. The standard InChI is InChI=1S/C12H16N2/c1-12(2,3)11-13-8-9-6-4-5-7-10(9)14-11/h5,7-8H,4,6H2,1-3H3. The molecule has 0 saturated carbocycles. The Morgan fingerprint density at radius 2 is 2.07 bits per heavy atom. The number of allylic oxidation sites excluding steroid dienone is 1. The number of aryl methyl sites for hydroxylation is 1. The van der Waals surface area contributed by atoms with Crippen LogP contribution >= 0.6 is 0 Å². The zero-order chi connectivity index (χ0) is 10.2. The van der Waals surface area contributed by atoms with Gasteiger partial charge in [-0.05, 0) is 24.5 Å². The minimum absolute atomic E-state index is 0.0420. The van der Waals surface area contributed by atoms with Crippen molar-refractivity contribution in [3.63, 3.8) is 0 Å². The van der Waals surface area contributed by atoms with Crippen LogP contribution in [0.4, 0.5) is 0 Å². The highest BCUT2D eigenvalue weighted by Crippen LogP contribution is 2.22. The van der Waals surface area contributed by atoms with Crippen molar-refractivity contribution in [1.29, 1.82) is 0 Å². The summed E-state index contributed by atoms with van der Waals surface area (Å²) < 4.78 is 0. The lowest BCUT2D eigenvalue weighted by atomic mass is 9.94. The van der Waals surface area contributed by atoms with Crippen LogP contribution in [-0.2, 0) is 11.8 Å². The highest BCUT2D eigenvalue weighted by Gasteiger charge is 2.18. The molecule has 1 aromatic heterocycles. The van der Waals surface area contributed by atoms with Gasteiger partial charge in [-0.25, -0.2) is 9.97 Å². The third-order valence-corrected chi connectivity index (χ3v) is 2.42. The van der Waals surface area contributed by atoms with Gasteiger partial charge in [-0.1, -0.05) is 26.8 Å². The number of rotatable bonds is 0. The Morgan fingerprint density at radius 3 is 2.79 bits per heavy atom. The summed E-state index contributed by atoms with van der Waals surface area (Å²) in [4.78, 5) is 9.00. The first-order chi connectivity index (χ1) is 6.57. The second-order valence-corrected chi connectivity index (χ2v) is 4.80. The van der Waals surface area contributed by atoms with Crippen LogP contribution in [0.1, 0.15) is 44.3 Å². The van der Waals surface area contributed by atoms with Gasteiger partial charge < -0.3 is 0 Å².